The molecule has 0 unspecified atom stereocenters. The second-order valence-corrected chi connectivity index (χ2v) is 7.48. The molecule has 0 atom stereocenters. The molecular weight excluding hydrogens is 362 g/mol. The van der Waals surface area contributed by atoms with Crippen molar-refractivity contribution in [1.82, 2.24) is 10.3 Å². The van der Waals surface area contributed by atoms with Crippen LogP contribution < -0.4 is 5.32 Å². The third-order valence-electron chi connectivity index (χ3n) is 3.28. The Morgan fingerprint density at radius 1 is 1.17 bits per heavy atom. The molecule has 0 spiro atoms. The number of nitrogens with one attached hydrogen (secondary N) is 1. The summed E-state index contributed by atoms with van der Waals surface area (Å²) in [7, 11) is 0. The Balaban J connectivity index is 1.61. The lowest BCUT2D eigenvalue weighted by molar-refractivity contribution is -0.115. The molecule has 1 saturated heterocycles. The topological polar surface area (TPSA) is 54.4 Å². The molecule has 0 bridgehead atoms. The number of aliphatic imine (C=N–C) groups is 1. The summed E-state index contributed by atoms with van der Waals surface area (Å²) in [5.41, 5.74) is 1.78. The van der Waals surface area contributed by atoms with E-state index in [-0.39, 0.29) is 5.91 Å². The summed E-state index contributed by atoms with van der Waals surface area (Å²) < 4.78 is 1.07. The summed E-state index contributed by atoms with van der Waals surface area (Å²) >= 11 is 8.76. The number of para-hydroxylation sites is 1. The van der Waals surface area contributed by atoms with Crippen LogP contribution in [0, 0.1) is 0 Å². The minimum Gasteiger partial charge on any atom is -0.300 e. The van der Waals surface area contributed by atoms with Crippen LogP contribution in [0.2, 0.25) is 5.02 Å². The highest BCUT2D eigenvalue weighted by atomic mass is 35.5. The van der Waals surface area contributed by atoms with Crippen molar-refractivity contribution in [2.75, 3.05) is 0 Å². The number of thiazole rings is 1. The Morgan fingerprint density at radius 2 is 2.04 bits per heavy atom. The highest BCUT2D eigenvalue weighted by molar-refractivity contribution is 8.18. The van der Waals surface area contributed by atoms with E-state index in [4.69, 9.17) is 11.6 Å². The van der Waals surface area contributed by atoms with E-state index in [1.54, 1.807) is 12.1 Å². The lowest BCUT2D eigenvalue weighted by Gasteiger charge is -1.95. The molecule has 4 rings (SSSR count). The van der Waals surface area contributed by atoms with Gasteiger partial charge in [0.25, 0.3) is 5.91 Å². The molecule has 4 nitrogen and oxygen atoms in total. The van der Waals surface area contributed by atoms with Crippen LogP contribution in [0.25, 0.3) is 16.3 Å². The van der Waals surface area contributed by atoms with Crippen molar-refractivity contribution < 1.29 is 4.79 Å². The van der Waals surface area contributed by atoms with Crippen LogP contribution >= 0.6 is 34.7 Å². The van der Waals surface area contributed by atoms with Gasteiger partial charge in [-0.25, -0.2) is 4.98 Å². The normalized spacial score (nSPS) is 17.8. The van der Waals surface area contributed by atoms with Gasteiger partial charge in [0.15, 0.2) is 5.17 Å². The molecular formula is C17H10ClN3OS2. The molecule has 1 amide bonds. The SMILES string of the molecule is O=C1NC(=Nc2nc3ccccc3s2)S/C1=C\c1cccc(Cl)c1. The minimum atomic E-state index is -0.167. The van der Waals surface area contributed by atoms with Crippen molar-refractivity contribution in [3.63, 3.8) is 0 Å². The number of nitrogens with zero attached hydrogens (tertiary/aromatic N) is 2. The lowest BCUT2D eigenvalue weighted by Crippen LogP contribution is -2.19. The van der Waals surface area contributed by atoms with Gasteiger partial charge in [-0.2, -0.15) is 4.99 Å². The van der Waals surface area contributed by atoms with E-state index in [9.17, 15) is 4.79 Å². The molecule has 0 aliphatic carbocycles. The number of rotatable bonds is 2. The van der Waals surface area contributed by atoms with Gasteiger partial charge in [-0.05, 0) is 47.7 Å². The highest BCUT2D eigenvalue weighted by Gasteiger charge is 2.24. The van der Waals surface area contributed by atoms with Gasteiger partial charge in [-0.15, -0.1) is 0 Å². The Morgan fingerprint density at radius 3 is 2.88 bits per heavy atom. The van der Waals surface area contributed by atoms with E-state index in [0.29, 0.717) is 20.2 Å². The standard InChI is InChI=1S/C17H10ClN3OS2/c18-11-5-3-4-10(8-11)9-14-15(22)20-17(24-14)21-16-19-12-6-1-2-7-13(12)23-16/h1-9H,(H,19,20,21,22)/b14-9-. The molecule has 2 heterocycles. The number of thioether (sulfide) groups is 1. The Kier molecular flexibility index (Phi) is 4.10. The molecule has 1 aliphatic rings. The van der Waals surface area contributed by atoms with Crippen molar-refractivity contribution in [2.24, 2.45) is 4.99 Å². The molecule has 0 radical (unpaired) electrons. The van der Waals surface area contributed by atoms with Crippen LogP contribution in [0.1, 0.15) is 5.56 Å². The Labute approximate surface area is 151 Å². The summed E-state index contributed by atoms with van der Waals surface area (Å²) in [5.74, 6) is -0.167. The first kappa shape index (κ1) is 15.4. The van der Waals surface area contributed by atoms with Gasteiger partial charge in [0.05, 0.1) is 15.1 Å². The van der Waals surface area contributed by atoms with E-state index in [1.807, 2.05) is 42.5 Å². The first-order chi connectivity index (χ1) is 11.7. The molecule has 1 aliphatic heterocycles. The van der Waals surface area contributed by atoms with E-state index in [1.165, 1.54) is 23.1 Å². The number of hydrogen-bond donors (Lipinski definition) is 1. The molecule has 3 aromatic rings. The zero-order chi connectivity index (χ0) is 16.5. The number of aromatic nitrogens is 1. The largest absolute Gasteiger partial charge is 0.300 e. The quantitative estimate of drug-likeness (QED) is 0.655. The first-order valence-corrected chi connectivity index (χ1v) is 9.09. The highest BCUT2D eigenvalue weighted by Crippen LogP contribution is 2.32. The fourth-order valence-electron chi connectivity index (χ4n) is 2.22. The summed E-state index contributed by atoms with van der Waals surface area (Å²) in [6.45, 7) is 0. The average Bonchev–Trinajstić information content (AvgIpc) is 3.10. The second-order valence-electron chi connectivity index (χ2n) is 5.00. The number of carbonyl (C=O) groups excluding carboxylic acids is 1. The van der Waals surface area contributed by atoms with E-state index < -0.39 is 0 Å². The third kappa shape index (κ3) is 3.21. The molecule has 1 fully saturated rings. The summed E-state index contributed by atoms with van der Waals surface area (Å²) in [6, 6.07) is 15.2. The van der Waals surface area contributed by atoms with E-state index >= 15 is 0 Å². The van der Waals surface area contributed by atoms with Gasteiger partial charge in [-0.1, -0.05) is 47.2 Å². The maximum absolute atomic E-state index is 12.1. The molecule has 2 aromatic carbocycles. The van der Waals surface area contributed by atoms with Crippen LogP contribution in [-0.2, 0) is 4.79 Å². The van der Waals surface area contributed by atoms with Gasteiger partial charge in [0.1, 0.15) is 0 Å². The van der Waals surface area contributed by atoms with E-state index in [0.717, 1.165) is 15.8 Å². The van der Waals surface area contributed by atoms with Gasteiger partial charge in [0.2, 0.25) is 5.13 Å². The van der Waals surface area contributed by atoms with Gasteiger partial charge in [-0.3, -0.25) is 4.79 Å². The lowest BCUT2D eigenvalue weighted by atomic mass is 10.2. The zero-order valence-corrected chi connectivity index (χ0v) is 14.6. The first-order valence-electron chi connectivity index (χ1n) is 7.08. The van der Waals surface area contributed by atoms with Crippen LogP contribution in [0.4, 0.5) is 5.13 Å². The summed E-state index contributed by atoms with van der Waals surface area (Å²) in [5, 5.41) is 4.57. The van der Waals surface area contributed by atoms with Crippen molar-refractivity contribution in [2.45, 2.75) is 0 Å². The monoisotopic (exact) mass is 371 g/mol. The fourth-order valence-corrected chi connectivity index (χ4v) is 4.14. The molecule has 7 heteroatoms. The number of hydrogen-bond acceptors (Lipinski definition) is 5. The fraction of sp³-hybridized carbons (Fsp3) is 0. The minimum absolute atomic E-state index is 0.167. The number of amidine groups is 1. The van der Waals surface area contributed by atoms with Crippen molar-refractivity contribution in [3.8, 4) is 0 Å². The van der Waals surface area contributed by atoms with Crippen molar-refractivity contribution >= 4 is 67.2 Å². The molecule has 24 heavy (non-hydrogen) atoms. The number of fused-ring (bicyclic) bond motifs is 1. The predicted octanol–water partition coefficient (Wildman–Crippen LogP) is 4.84. The number of benzene rings is 2. The predicted molar refractivity (Wildman–Crippen MR) is 102 cm³/mol. The maximum Gasteiger partial charge on any atom is 0.264 e. The van der Waals surface area contributed by atoms with Gasteiger partial charge >= 0.3 is 0 Å². The summed E-state index contributed by atoms with van der Waals surface area (Å²) in [4.78, 5) is 21.6. The van der Waals surface area contributed by atoms with Gasteiger partial charge < -0.3 is 5.32 Å². The Bertz CT molecular complexity index is 977. The van der Waals surface area contributed by atoms with Gasteiger partial charge in [0, 0.05) is 5.02 Å². The number of carbonyl (C=O) groups is 1. The molecule has 1 N–H and O–H groups in total. The van der Waals surface area contributed by atoms with Crippen LogP contribution in [0.5, 0.6) is 0 Å². The van der Waals surface area contributed by atoms with Crippen LogP contribution in [-0.4, -0.2) is 16.1 Å². The van der Waals surface area contributed by atoms with Crippen molar-refractivity contribution in [1.29, 1.82) is 0 Å². The van der Waals surface area contributed by atoms with E-state index in [2.05, 4.69) is 15.3 Å². The number of halogens is 1. The summed E-state index contributed by atoms with van der Waals surface area (Å²) in [6.07, 6.45) is 1.80. The third-order valence-corrected chi connectivity index (χ3v) is 5.35. The molecule has 0 saturated carbocycles. The average molecular weight is 372 g/mol. The van der Waals surface area contributed by atoms with Crippen LogP contribution in [0.3, 0.4) is 0 Å². The molecule has 1 aromatic heterocycles. The second kappa shape index (κ2) is 6.39. The maximum atomic E-state index is 12.1. The van der Waals surface area contributed by atoms with Crippen molar-refractivity contribution in [3.05, 3.63) is 64.0 Å². The smallest absolute Gasteiger partial charge is 0.264 e. The number of amides is 1. The zero-order valence-electron chi connectivity index (χ0n) is 12.2. The molecule has 118 valence electrons. The Hall–Kier alpha value is -2.15. The van der Waals surface area contributed by atoms with Crippen LogP contribution in [0.15, 0.2) is 58.4 Å².